The van der Waals surface area contributed by atoms with Crippen molar-refractivity contribution in [3.8, 4) is 17.3 Å². The zero-order chi connectivity index (χ0) is 26.4. The van der Waals surface area contributed by atoms with E-state index in [2.05, 4.69) is 31.7 Å². The van der Waals surface area contributed by atoms with E-state index in [1.165, 1.54) is 11.1 Å². The minimum Gasteiger partial charge on any atom is -0.354 e. The number of carbonyl (C=O) groups excluding carboxylic acids is 2. The third-order valence-corrected chi connectivity index (χ3v) is 6.78. The lowest BCUT2D eigenvalue weighted by Crippen LogP contribution is -2.64. The summed E-state index contributed by atoms with van der Waals surface area (Å²) in [6.07, 6.45) is 6.50. The smallest absolute Gasteiger partial charge is 0.269 e. The molecule has 2 N–H and O–H groups in total. The molecule has 3 aromatic heterocycles. The summed E-state index contributed by atoms with van der Waals surface area (Å²) < 4.78 is 28.5. The average Bonchev–Trinajstić information content (AvgIpc) is 3.24. The van der Waals surface area contributed by atoms with Crippen molar-refractivity contribution >= 4 is 23.5 Å². The van der Waals surface area contributed by atoms with Crippen molar-refractivity contribution in [2.75, 3.05) is 25.5 Å². The van der Waals surface area contributed by atoms with Gasteiger partial charge in [-0.2, -0.15) is 5.26 Å². The molecule has 0 unspecified atom stereocenters. The molecule has 2 fully saturated rings. The predicted molar refractivity (Wildman–Crippen MR) is 129 cm³/mol. The van der Waals surface area contributed by atoms with Crippen molar-refractivity contribution in [1.29, 1.82) is 5.26 Å². The molecule has 2 amide bonds. The van der Waals surface area contributed by atoms with Gasteiger partial charge in [-0.15, -0.1) is 0 Å². The molecule has 190 valence electrons. The highest BCUT2D eigenvalue weighted by molar-refractivity contribution is 5.93. The minimum atomic E-state index is -2.91. The maximum atomic E-state index is 13.3. The van der Waals surface area contributed by atoms with Gasteiger partial charge in [0.25, 0.3) is 11.8 Å². The first kappa shape index (κ1) is 24.3. The average molecular weight is 507 g/mol. The summed E-state index contributed by atoms with van der Waals surface area (Å²) in [6, 6.07) is 7.52. The fraction of sp³-hybridized carbons (Fsp3) is 0.360. The van der Waals surface area contributed by atoms with Gasteiger partial charge < -0.3 is 20.1 Å². The van der Waals surface area contributed by atoms with Gasteiger partial charge in [0.15, 0.2) is 0 Å². The number of halogens is 2. The number of nitriles is 1. The van der Waals surface area contributed by atoms with Crippen LogP contribution in [0.1, 0.15) is 28.9 Å². The Morgan fingerprint density at radius 2 is 2.03 bits per heavy atom. The summed E-state index contributed by atoms with van der Waals surface area (Å²) in [4.78, 5) is 38.6. The van der Waals surface area contributed by atoms with E-state index in [1.54, 1.807) is 38.5 Å². The number of likely N-dealkylation sites (tertiary alicyclic amines) is 1. The van der Waals surface area contributed by atoms with E-state index < -0.39 is 29.7 Å². The molecule has 5 rings (SSSR count). The summed E-state index contributed by atoms with van der Waals surface area (Å²) >= 11 is 0. The standard InChI is InChI=1S/C25H24F2N8O2/c1-15-9-17(11-31-20(15)21(36)29-2)32-23-30-7-3-19(33-23)16-4-8-35(12-16)24(5-6-28)13-34(14-24)22(37)18-10-25(18,26)27/h3-4,7-9,11-12,18H,5,10,13-14H2,1-2H3,(H,29,36)(H,30,32,33)/t18-/m0/s1. The number of alkyl halides is 2. The molecule has 1 aliphatic carbocycles. The normalized spacial score (nSPS) is 18.9. The number of aromatic nitrogens is 4. The summed E-state index contributed by atoms with van der Waals surface area (Å²) in [5.74, 6) is -4.64. The second kappa shape index (κ2) is 8.92. The predicted octanol–water partition coefficient (Wildman–Crippen LogP) is 2.86. The molecule has 12 heteroatoms. The van der Waals surface area contributed by atoms with Gasteiger partial charge in [0.2, 0.25) is 11.9 Å². The zero-order valence-corrected chi connectivity index (χ0v) is 20.2. The lowest BCUT2D eigenvalue weighted by Gasteiger charge is -2.50. The second-order valence-electron chi connectivity index (χ2n) is 9.44. The summed E-state index contributed by atoms with van der Waals surface area (Å²) in [7, 11) is 1.54. The molecule has 0 aromatic carbocycles. The van der Waals surface area contributed by atoms with Crippen LogP contribution in [0.5, 0.6) is 0 Å². The third kappa shape index (κ3) is 4.48. The van der Waals surface area contributed by atoms with Crippen LogP contribution in [0.2, 0.25) is 0 Å². The number of hydrogen-bond acceptors (Lipinski definition) is 7. The molecule has 3 aromatic rings. The van der Waals surface area contributed by atoms with Gasteiger partial charge in [0, 0.05) is 50.7 Å². The van der Waals surface area contributed by atoms with Crippen molar-refractivity contribution in [2.45, 2.75) is 31.2 Å². The topological polar surface area (TPSA) is 129 Å². The maximum Gasteiger partial charge on any atom is 0.269 e. The molecule has 0 radical (unpaired) electrons. The Labute approximate surface area is 211 Å². The van der Waals surface area contributed by atoms with E-state index >= 15 is 0 Å². The van der Waals surface area contributed by atoms with E-state index in [-0.39, 0.29) is 25.4 Å². The van der Waals surface area contributed by atoms with E-state index in [0.717, 1.165) is 5.56 Å². The summed E-state index contributed by atoms with van der Waals surface area (Å²) in [5.41, 5.74) is 2.37. The van der Waals surface area contributed by atoms with Crippen LogP contribution in [0.15, 0.2) is 43.0 Å². The molecular formula is C25H24F2N8O2. The largest absolute Gasteiger partial charge is 0.354 e. The van der Waals surface area contributed by atoms with E-state index in [4.69, 9.17) is 0 Å². The Morgan fingerprint density at radius 3 is 2.68 bits per heavy atom. The molecular weight excluding hydrogens is 482 g/mol. The number of amides is 2. The van der Waals surface area contributed by atoms with E-state index in [9.17, 15) is 23.6 Å². The van der Waals surface area contributed by atoms with Crippen LogP contribution in [0.25, 0.3) is 11.3 Å². The molecule has 2 aliphatic rings. The fourth-order valence-electron chi connectivity index (χ4n) is 4.59. The highest BCUT2D eigenvalue weighted by Gasteiger charge is 2.64. The van der Waals surface area contributed by atoms with Gasteiger partial charge >= 0.3 is 0 Å². The van der Waals surface area contributed by atoms with Gasteiger partial charge in [0.1, 0.15) is 11.6 Å². The second-order valence-corrected chi connectivity index (χ2v) is 9.44. The first-order valence-electron chi connectivity index (χ1n) is 11.7. The molecule has 1 aliphatic heterocycles. The molecule has 0 bridgehead atoms. The van der Waals surface area contributed by atoms with Gasteiger partial charge in [-0.1, -0.05) is 0 Å². The minimum absolute atomic E-state index is 0.140. The highest BCUT2D eigenvalue weighted by atomic mass is 19.3. The molecule has 1 atom stereocenters. The van der Waals surface area contributed by atoms with Crippen LogP contribution < -0.4 is 10.6 Å². The van der Waals surface area contributed by atoms with E-state index in [1.807, 2.05) is 16.8 Å². The first-order chi connectivity index (χ1) is 17.7. The van der Waals surface area contributed by atoms with E-state index in [0.29, 0.717) is 28.6 Å². The number of carbonyl (C=O) groups is 2. The van der Waals surface area contributed by atoms with Crippen LogP contribution in [0.4, 0.5) is 20.4 Å². The lowest BCUT2D eigenvalue weighted by molar-refractivity contribution is -0.145. The van der Waals surface area contributed by atoms with Crippen molar-refractivity contribution in [3.63, 3.8) is 0 Å². The van der Waals surface area contributed by atoms with Crippen molar-refractivity contribution in [2.24, 2.45) is 5.92 Å². The highest BCUT2D eigenvalue weighted by Crippen LogP contribution is 2.51. The first-order valence-corrected chi connectivity index (χ1v) is 11.7. The SMILES string of the molecule is CNC(=O)c1ncc(Nc2nccc(-c3ccn(C4(CC#N)CN(C(=O)[C@@H]5CC5(F)F)C4)c3)n2)cc1C. The van der Waals surface area contributed by atoms with Crippen molar-refractivity contribution in [3.05, 3.63) is 54.2 Å². The Morgan fingerprint density at radius 1 is 1.27 bits per heavy atom. The van der Waals surface area contributed by atoms with Gasteiger partial charge in [0.05, 0.1) is 35.6 Å². The summed E-state index contributed by atoms with van der Waals surface area (Å²) in [5, 5.41) is 15.0. The molecule has 1 saturated carbocycles. The van der Waals surface area contributed by atoms with Crippen molar-refractivity contribution in [1.82, 2.24) is 29.7 Å². The Kier molecular flexibility index (Phi) is 5.86. The van der Waals surface area contributed by atoms with Crippen LogP contribution in [0, 0.1) is 24.2 Å². The number of nitrogens with one attached hydrogen (secondary N) is 2. The van der Waals surface area contributed by atoms with Crippen LogP contribution in [-0.2, 0) is 10.3 Å². The van der Waals surface area contributed by atoms with Crippen LogP contribution in [0.3, 0.4) is 0 Å². The molecule has 37 heavy (non-hydrogen) atoms. The van der Waals surface area contributed by atoms with Crippen molar-refractivity contribution < 1.29 is 18.4 Å². The van der Waals surface area contributed by atoms with Gasteiger partial charge in [-0.3, -0.25) is 9.59 Å². The Hall–Kier alpha value is -4.40. The summed E-state index contributed by atoms with van der Waals surface area (Å²) in [6.45, 7) is 2.19. The molecule has 4 heterocycles. The van der Waals surface area contributed by atoms with Gasteiger partial charge in [-0.05, 0) is 30.7 Å². The number of aryl methyl sites for hydroxylation is 1. The molecule has 1 saturated heterocycles. The number of hydrogen-bond donors (Lipinski definition) is 2. The number of nitrogens with zero attached hydrogens (tertiary/aromatic N) is 6. The quantitative estimate of drug-likeness (QED) is 0.504. The maximum absolute atomic E-state index is 13.3. The molecule has 10 nitrogen and oxygen atoms in total. The zero-order valence-electron chi connectivity index (χ0n) is 20.2. The fourth-order valence-corrected chi connectivity index (χ4v) is 4.59. The van der Waals surface area contributed by atoms with Crippen LogP contribution >= 0.6 is 0 Å². The van der Waals surface area contributed by atoms with Crippen LogP contribution in [-0.4, -0.2) is 62.3 Å². The molecule has 0 spiro atoms. The third-order valence-electron chi connectivity index (χ3n) is 6.78. The lowest BCUT2D eigenvalue weighted by atomic mass is 9.86. The van der Waals surface area contributed by atoms with Gasteiger partial charge in [-0.25, -0.2) is 23.7 Å². The monoisotopic (exact) mass is 506 g/mol. The Balaban J connectivity index is 1.31. The number of rotatable bonds is 7. The number of pyridine rings is 1. The number of anilines is 2. The Bertz CT molecular complexity index is 1420.